The minimum absolute atomic E-state index is 0.0327. The van der Waals surface area contributed by atoms with Crippen LogP contribution < -0.4 is 5.73 Å². The van der Waals surface area contributed by atoms with E-state index in [0.29, 0.717) is 26.2 Å². The molecule has 1 rings (SSSR count). The molecule has 1 aliphatic heterocycles. The molecule has 110 valence electrons. The molecule has 0 radical (unpaired) electrons. The number of carbonyl (C=O) groups is 2. The van der Waals surface area contributed by atoms with Gasteiger partial charge in [0.15, 0.2) is 0 Å². The van der Waals surface area contributed by atoms with Crippen molar-refractivity contribution in [2.45, 2.75) is 26.8 Å². The van der Waals surface area contributed by atoms with Gasteiger partial charge in [0, 0.05) is 33.3 Å². The molecule has 0 bridgehead atoms. The number of nitrogens with zero attached hydrogens (tertiary/aromatic N) is 2. The van der Waals surface area contributed by atoms with Crippen molar-refractivity contribution >= 4 is 11.8 Å². The van der Waals surface area contributed by atoms with Crippen LogP contribution in [0.3, 0.4) is 0 Å². The van der Waals surface area contributed by atoms with Crippen molar-refractivity contribution in [3.8, 4) is 0 Å². The average Bonchev–Trinajstić information content (AvgIpc) is 2.36. The summed E-state index contributed by atoms with van der Waals surface area (Å²) in [5, 5.41) is 0. The first kappa shape index (κ1) is 15.9. The molecule has 0 aromatic rings. The van der Waals surface area contributed by atoms with Crippen LogP contribution in [0, 0.1) is 5.41 Å². The maximum absolute atomic E-state index is 12.2. The van der Waals surface area contributed by atoms with E-state index in [1.165, 1.54) is 7.11 Å². The van der Waals surface area contributed by atoms with E-state index >= 15 is 0 Å². The zero-order valence-electron chi connectivity index (χ0n) is 12.3. The molecule has 1 heterocycles. The lowest BCUT2D eigenvalue weighted by Gasteiger charge is -2.38. The summed E-state index contributed by atoms with van der Waals surface area (Å²) in [6.45, 7) is 8.12. The van der Waals surface area contributed by atoms with Gasteiger partial charge in [-0.05, 0) is 5.41 Å². The molecule has 2 N–H and O–H groups in total. The molecule has 1 atom stereocenters. The predicted octanol–water partition coefficient (Wildman–Crippen LogP) is -0.323. The Hall–Kier alpha value is -1.14. The molecule has 19 heavy (non-hydrogen) atoms. The molecule has 6 heteroatoms. The molecule has 0 spiro atoms. The van der Waals surface area contributed by atoms with Crippen LogP contribution in [0.15, 0.2) is 0 Å². The van der Waals surface area contributed by atoms with Gasteiger partial charge in [-0.2, -0.15) is 0 Å². The largest absolute Gasteiger partial charge is 0.375 e. The van der Waals surface area contributed by atoms with Crippen molar-refractivity contribution in [2.75, 3.05) is 39.9 Å². The molecule has 0 aliphatic carbocycles. The fraction of sp³-hybridized carbons (Fsp3) is 0.846. The van der Waals surface area contributed by atoms with Crippen LogP contribution in [0.25, 0.3) is 0 Å². The fourth-order valence-corrected chi connectivity index (χ4v) is 1.96. The highest BCUT2D eigenvalue weighted by molar-refractivity contribution is 5.83. The van der Waals surface area contributed by atoms with Gasteiger partial charge in [-0.15, -0.1) is 0 Å². The molecule has 1 aliphatic rings. The monoisotopic (exact) mass is 271 g/mol. The minimum atomic E-state index is -0.506. The van der Waals surface area contributed by atoms with Crippen LogP contribution >= 0.6 is 0 Å². The van der Waals surface area contributed by atoms with Gasteiger partial charge in [-0.25, -0.2) is 0 Å². The smallest absolute Gasteiger partial charge is 0.248 e. The number of hydrogen-bond acceptors (Lipinski definition) is 4. The average molecular weight is 271 g/mol. The SMILES string of the molecule is COCC(=O)N1CCN(C(=O)C(N)C(C)(C)C)CC1. The molecule has 6 nitrogen and oxygen atoms in total. The lowest BCUT2D eigenvalue weighted by molar-refractivity contribution is -0.143. The molecule has 2 amide bonds. The van der Waals surface area contributed by atoms with Crippen molar-refractivity contribution in [3.63, 3.8) is 0 Å². The Morgan fingerprint density at radius 2 is 1.63 bits per heavy atom. The van der Waals surface area contributed by atoms with Gasteiger partial charge in [0.05, 0.1) is 6.04 Å². The van der Waals surface area contributed by atoms with Crippen molar-refractivity contribution in [2.24, 2.45) is 11.1 Å². The van der Waals surface area contributed by atoms with E-state index in [9.17, 15) is 9.59 Å². The van der Waals surface area contributed by atoms with Crippen LogP contribution in [0.1, 0.15) is 20.8 Å². The number of nitrogens with two attached hydrogens (primary N) is 1. The number of rotatable bonds is 3. The molecule has 0 aromatic carbocycles. The second-order valence-electron chi connectivity index (χ2n) is 5.98. The van der Waals surface area contributed by atoms with Crippen LogP contribution in [-0.2, 0) is 14.3 Å². The molecule has 1 saturated heterocycles. The number of hydrogen-bond donors (Lipinski definition) is 1. The van der Waals surface area contributed by atoms with Gasteiger partial charge in [-0.3, -0.25) is 9.59 Å². The van der Waals surface area contributed by atoms with Crippen molar-refractivity contribution in [1.82, 2.24) is 9.80 Å². The van der Waals surface area contributed by atoms with Crippen molar-refractivity contribution in [1.29, 1.82) is 0 Å². The third-order valence-corrected chi connectivity index (χ3v) is 3.41. The third kappa shape index (κ3) is 4.18. The Balaban J connectivity index is 2.50. The second-order valence-corrected chi connectivity index (χ2v) is 5.98. The molecular formula is C13H25N3O3. The summed E-state index contributed by atoms with van der Waals surface area (Å²) >= 11 is 0. The highest BCUT2D eigenvalue weighted by atomic mass is 16.5. The molecule has 1 fully saturated rings. The van der Waals surface area contributed by atoms with E-state index in [1.807, 2.05) is 20.8 Å². The highest BCUT2D eigenvalue weighted by Gasteiger charge is 2.33. The summed E-state index contributed by atoms with van der Waals surface area (Å²) < 4.78 is 4.82. The zero-order valence-corrected chi connectivity index (χ0v) is 12.3. The van der Waals surface area contributed by atoms with Crippen LogP contribution in [0.5, 0.6) is 0 Å². The third-order valence-electron chi connectivity index (χ3n) is 3.41. The molecule has 0 aromatic heterocycles. The maximum atomic E-state index is 12.2. The standard InChI is InChI=1S/C13H25N3O3/c1-13(2,3)11(14)12(18)16-7-5-15(6-8-16)10(17)9-19-4/h11H,5-9,14H2,1-4H3. The summed E-state index contributed by atoms with van der Waals surface area (Å²) in [7, 11) is 1.50. The summed E-state index contributed by atoms with van der Waals surface area (Å²) in [5.74, 6) is -0.0685. The molecular weight excluding hydrogens is 246 g/mol. The van der Waals surface area contributed by atoms with E-state index in [1.54, 1.807) is 9.80 Å². The van der Waals surface area contributed by atoms with Crippen LogP contribution in [-0.4, -0.2) is 67.6 Å². The van der Waals surface area contributed by atoms with E-state index in [0.717, 1.165) is 0 Å². The summed E-state index contributed by atoms with van der Waals surface area (Å²) in [6, 6.07) is -0.506. The van der Waals surface area contributed by atoms with Gasteiger partial charge in [0.25, 0.3) is 0 Å². The first-order chi connectivity index (χ1) is 8.77. The summed E-state index contributed by atoms with van der Waals surface area (Å²) in [4.78, 5) is 27.3. The Bertz CT molecular complexity index is 331. The highest BCUT2D eigenvalue weighted by Crippen LogP contribution is 2.19. The second kappa shape index (κ2) is 6.34. The number of ether oxygens (including phenoxy) is 1. The van der Waals surface area contributed by atoms with Crippen LogP contribution in [0.4, 0.5) is 0 Å². The van der Waals surface area contributed by atoms with Crippen molar-refractivity contribution in [3.05, 3.63) is 0 Å². The predicted molar refractivity (Wildman–Crippen MR) is 72.5 cm³/mol. The maximum Gasteiger partial charge on any atom is 0.248 e. The van der Waals surface area contributed by atoms with Crippen molar-refractivity contribution < 1.29 is 14.3 Å². The van der Waals surface area contributed by atoms with Gasteiger partial charge in [0.1, 0.15) is 6.61 Å². The number of piperazine rings is 1. The Morgan fingerprint density at radius 3 is 2.05 bits per heavy atom. The van der Waals surface area contributed by atoms with Gasteiger partial charge < -0.3 is 20.3 Å². The van der Waals surface area contributed by atoms with Gasteiger partial charge in [0.2, 0.25) is 11.8 Å². The lowest BCUT2D eigenvalue weighted by atomic mass is 9.86. The van der Waals surface area contributed by atoms with E-state index in [-0.39, 0.29) is 23.8 Å². The van der Waals surface area contributed by atoms with Gasteiger partial charge >= 0.3 is 0 Å². The minimum Gasteiger partial charge on any atom is -0.375 e. The molecule has 1 unspecified atom stereocenters. The Morgan fingerprint density at radius 1 is 1.16 bits per heavy atom. The number of methoxy groups -OCH3 is 1. The van der Waals surface area contributed by atoms with E-state index < -0.39 is 6.04 Å². The topological polar surface area (TPSA) is 75.9 Å². The van der Waals surface area contributed by atoms with Crippen LogP contribution in [0.2, 0.25) is 0 Å². The number of carbonyl (C=O) groups excluding carboxylic acids is 2. The quantitative estimate of drug-likeness (QED) is 0.763. The lowest BCUT2D eigenvalue weighted by Crippen LogP contribution is -2.57. The first-order valence-corrected chi connectivity index (χ1v) is 6.58. The Kier molecular flexibility index (Phi) is 5.31. The first-order valence-electron chi connectivity index (χ1n) is 6.58. The molecule has 0 saturated carbocycles. The normalized spacial score (nSPS) is 18.4. The summed E-state index contributed by atoms with van der Waals surface area (Å²) in [6.07, 6.45) is 0. The number of amides is 2. The van der Waals surface area contributed by atoms with E-state index in [2.05, 4.69) is 0 Å². The fourth-order valence-electron chi connectivity index (χ4n) is 1.96. The van der Waals surface area contributed by atoms with E-state index in [4.69, 9.17) is 10.5 Å². The Labute approximate surface area is 114 Å². The van der Waals surface area contributed by atoms with Gasteiger partial charge in [-0.1, -0.05) is 20.8 Å². The summed E-state index contributed by atoms with van der Waals surface area (Å²) in [5.41, 5.74) is 5.73. The zero-order chi connectivity index (χ0) is 14.6.